The van der Waals surface area contributed by atoms with Crippen LogP contribution in [0, 0.1) is 6.92 Å². The molecule has 0 saturated heterocycles. The van der Waals surface area contributed by atoms with Gasteiger partial charge in [-0.25, -0.2) is 4.79 Å². The number of primary amides is 1. The molecule has 0 aromatic heterocycles. The Morgan fingerprint density at radius 2 is 1.60 bits per heavy atom. The average molecular weight is 630 g/mol. The summed E-state index contributed by atoms with van der Waals surface area (Å²) >= 11 is 18.8. The molecule has 1 heterocycles. The maximum atomic E-state index is 13.4. The van der Waals surface area contributed by atoms with Gasteiger partial charge in [-0.2, -0.15) is 0 Å². The highest BCUT2D eigenvalue weighted by atomic mass is 35.5. The topological polar surface area (TPSA) is 91.1 Å². The third kappa shape index (κ3) is 6.70. The summed E-state index contributed by atoms with van der Waals surface area (Å²) in [5.41, 5.74) is 8.98. The Morgan fingerprint density at radius 1 is 0.929 bits per heavy atom. The second kappa shape index (κ2) is 13.0. The summed E-state index contributed by atoms with van der Waals surface area (Å²) in [6.07, 6.45) is 1.95. The normalized spacial score (nSPS) is 16.2. The molecule has 3 aromatic carbocycles. The number of carbonyl (C=O) groups excluding carboxylic acids is 2. The van der Waals surface area contributed by atoms with Gasteiger partial charge in [0.2, 0.25) is 5.91 Å². The molecular formula is C32H31Cl3N2O5. The molecule has 1 fully saturated rings. The SMILES string of the molecule is Cc1cc(Cl)c(OCCOc2ccc(C3=C(C(=O)OCc4ccccc4Cl)CN(C4(C(N)=O)CC4)CC3)cc2)c(Cl)c1. The number of halogens is 3. The molecule has 2 aliphatic rings. The van der Waals surface area contributed by atoms with Crippen molar-refractivity contribution in [1.82, 2.24) is 4.90 Å². The Kier molecular flexibility index (Phi) is 9.33. The minimum atomic E-state index is -0.688. The number of ether oxygens (including phenoxy) is 3. The summed E-state index contributed by atoms with van der Waals surface area (Å²) in [6.45, 7) is 3.38. The van der Waals surface area contributed by atoms with E-state index in [-0.39, 0.29) is 32.3 Å². The monoisotopic (exact) mass is 628 g/mol. The van der Waals surface area contributed by atoms with Crippen molar-refractivity contribution in [1.29, 1.82) is 0 Å². The molecule has 7 nitrogen and oxygen atoms in total. The van der Waals surface area contributed by atoms with Gasteiger partial charge in [0.1, 0.15) is 31.1 Å². The van der Waals surface area contributed by atoms with E-state index < -0.39 is 11.5 Å². The lowest BCUT2D eigenvalue weighted by molar-refractivity contribution is -0.141. The number of hydrogen-bond acceptors (Lipinski definition) is 6. The molecule has 5 rings (SSSR count). The summed E-state index contributed by atoms with van der Waals surface area (Å²) in [4.78, 5) is 27.7. The van der Waals surface area contributed by atoms with Crippen molar-refractivity contribution >= 4 is 52.3 Å². The molecule has 42 heavy (non-hydrogen) atoms. The molecule has 0 atom stereocenters. The molecular weight excluding hydrogens is 599 g/mol. The van der Waals surface area contributed by atoms with Gasteiger partial charge in [0.15, 0.2) is 5.75 Å². The van der Waals surface area contributed by atoms with Crippen LogP contribution >= 0.6 is 34.8 Å². The number of amides is 1. The number of carbonyl (C=O) groups is 2. The van der Waals surface area contributed by atoms with Crippen LogP contribution in [0.5, 0.6) is 11.5 Å². The lowest BCUT2D eigenvalue weighted by Gasteiger charge is -2.35. The van der Waals surface area contributed by atoms with Gasteiger partial charge in [0.05, 0.1) is 15.6 Å². The van der Waals surface area contributed by atoms with Crippen LogP contribution in [0.25, 0.3) is 5.57 Å². The summed E-state index contributed by atoms with van der Waals surface area (Å²) < 4.78 is 17.3. The minimum Gasteiger partial charge on any atom is -0.490 e. The highest BCUT2D eigenvalue weighted by molar-refractivity contribution is 6.37. The van der Waals surface area contributed by atoms with Crippen LogP contribution in [0.3, 0.4) is 0 Å². The zero-order valence-corrected chi connectivity index (χ0v) is 25.4. The lowest BCUT2D eigenvalue weighted by Crippen LogP contribution is -2.50. The van der Waals surface area contributed by atoms with E-state index in [0.29, 0.717) is 57.9 Å². The number of aryl methyl sites for hydroxylation is 1. The Bertz CT molecular complexity index is 1500. The van der Waals surface area contributed by atoms with E-state index in [0.717, 1.165) is 22.3 Å². The van der Waals surface area contributed by atoms with Crippen LogP contribution in [-0.4, -0.2) is 48.6 Å². The van der Waals surface area contributed by atoms with Gasteiger partial charge in [-0.1, -0.05) is 65.1 Å². The van der Waals surface area contributed by atoms with Crippen molar-refractivity contribution in [3.63, 3.8) is 0 Å². The number of nitrogens with zero attached hydrogens (tertiary/aromatic N) is 1. The molecule has 1 aliphatic carbocycles. The number of rotatable bonds is 11. The van der Waals surface area contributed by atoms with Gasteiger partial charge in [-0.15, -0.1) is 0 Å². The second-order valence-electron chi connectivity index (χ2n) is 10.5. The van der Waals surface area contributed by atoms with Crippen molar-refractivity contribution in [2.75, 3.05) is 26.3 Å². The lowest BCUT2D eigenvalue weighted by atomic mass is 9.92. The molecule has 220 valence electrons. The zero-order chi connectivity index (χ0) is 29.9. The Balaban J connectivity index is 1.28. The molecule has 1 amide bonds. The third-order valence-electron chi connectivity index (χ3n) is 7.64. The number of nitrogens with two attached hydrogens (primary N) is 1. The number of hydrogen-bond donors (Lipinski definition) is 1. The van der Waals surface area contributed by atoms with Crippen molar-refractivity contribution in [3.05, 3.63) is 98.0 Å². The minimum absolute atomic E-state index is 0.0457. The first-order chi connectivity index (χ1) is 20.2. The summed E-state index contributed by atoms with van der Waals surface area (Å²) in [6, 6.07) is 18.3. The van der Waals surface area contributed by atoms with Crippen LogP contribution in [0.1, 0.15) is 36.0 Å². The summed E-state index contributed by atoms with van der Waals surface area (Å²) in [5, 5.41) is 1.43. The van der Waals surface area contributed by atoms with Crippen LogP contribution in [-0.2, 0) is 20.9 Å². The maximum absolute atomic E-state index is 13.4. The van der Waals surface area contributed by atoms with Gasteiger partial charge in [0.25, 0.3) is 0 Å². The van der Waals surface area contributed by atoms with E-state index in [1.54, 1.807) is 18.2 Å². The molecule has 0 radical (unpaired) electrons. The zero-order valence-electron chi connectivity index (χ0n) is 23.1. The van der Waals surface area contributed by atoms with Gasteiger partial charge >= 0.3 is 5.97 Å². The van der Waals surface area contributed by atoms with Crippen molar-refractivity contribution in [3.8, 4) is 11.5 Å². The van der Waals surface area contributed by atoms with Gasteiger partial charge in [0, 0.05) is 23.7 Å². The van der Waals surface area contributed by atoms with Gasteiger partial charge in [-0.3, -0.25) is 9.69 Å². The van der Waals surface area contributed by atoms with Crippen molar-refractivity contribution < 1.29 is 23.8 Å². The van der Waals surface area contributed by atoms with E-state index >= 15 is 0 Å². The average Bonchev–Trinajstić information content (AvgIpc) is 3.78. The van der Waals surface area contributed by atoms with Crippen molar-refractivity contribution in [2.45, 2.75) is 38.3 Å². The van der Waals surface area contributed by atoms with E-state index in [9.17, 15) is 9.59 Å². The fourth-order valence-corrected chi connectivity index (χ4v) is 6.09. The Morgan fingerprint density at radius 3 is 2.24 bits per heavy atom. The van der Waals surface area contributed by atoms with Crippen molar-refractivity contribution in [2.24, 2.45) is 5.73 Å². The quantitative estimate of drug-likeness (QED) is 0.189. The van der Waals surface area contributed by atoms with Crippen LogP contribution < -0.4 is 15.2 Å². The smallest absolute Gasteiger partial charge is 0.335 e. The summed E-state index contributed by atoms with van der Waals surface area (Å²) in [7, 11) is 0. The van der Waals surface area contributed by atoms with E-state index in [1.165, 1.54) is 0 Å². The fraction of sp³-hybridized carbons (Fsp3) is 0.312. The molecule has 0 unspecified atom stereocenters. The highest BCUT2D eigenvalue weighted by Gasteiger charge is 2.54. The Labute approximate surface area is 260 Å². The Hall–Kier alpha value is -3.23. The van der Waals surface area contributed by atoms with Crippen LogP contribution in [0.4, 0.5) is 0 Å². The molecule has 3 aromatic rings. The predicted octanol–water partition coefficient (Wildman–Crippen LogP) is 6.63. The second-order valence-corrected chi connectivity index (χ2v) is 11.7. The molecule has 1 saturated carbocycles. The largest absolute Gasteiger partial charge is 0.490 e. The summed E-state index contributed by atoms with van der Waals surface area (Å²) in [5.74, 6) is 0.280. The molecule has 0 spiro atoms. The predicted molar refractivity (Wildman–Crippen MR) is 164 cm³/mol. The number of esters is 1. The first-order valence-corrected chi connectivity index (χ1v) is 14.8. The standard InChI is InChI=1S/C32H31Cl3N2O5/c1-20-16-27(34)29(28(35)17-20)41-15-14-40-23-8-6-21(7-9-23)24-10-13-37(32(11-12-32)31(36)39)18-25(24)30(38)42-19-22-4-2-3-5-26(22)33/h2-9,16-17H,10-15,18-19H2,1H3,(H2,36,39). The van der Waals surface area contributed by atoms with Crippen LogP contribution in [0.2, 0.25) is 15.1 Å². The van der Waals surface area contributed by atoms with E-state index in [4.69, 9.17) is 54.7 Å². The van der Waals surface area contributed by atoms with Crippen LogP contribution in [0.15, 0.2) is 66.2 Å². The first kappa shape index (κ1) is 30.2. The highest BCUT2D eigenvalue weighted by Crippen LogP contribution is 2.44. The van der Waals surface area contributed by atoms with Gasteiger partial charge < -0.3 is 19.9 Å². The fourth-order valence-electron chi connectivity index (χ4n) is 5.20. The molecule has 2 N–H and O–H groups in total. The first-order valence-electron chi connectivity index (χ1n) is 13.7. The van der Waals surface area contributed by atoms with E-state index in [1.807, 2.05) is 54.3 Å². The van der Waals surface area contributed by atoms with E-state index in [2.05, 4.69) is 0 Å². The maximum Gasteiger partial charge on any atom is 0.335 e. The molecule has 1 aliphatic heterocycles. The number of benzene rings is 3. The van der Waals surface area contributed by atoms with Gasteiger partial charge in [-0.05, 0) is 73.2 Å². The molecule has 10 heteroatoms. The molecule has 0 bridgehead atoms. The third-order valence-corrected chi connectivity index (χ3v) is 8.57.